The van der Waals surface area contributed by atoms with E-state index >= 15 is 0 Å². The Balaban J connectivity index is 1.62. The molecule has 11 nitrogen and oxygen atoms in total. The predicted molar refractivity (Wildman–Crippen MR) is 138 cm³/mol. The van der Waals surface area contributed by atoms with Gasteiger partial charge in [-0.3, -0.25) is 4.90 Å². The van der Waals surface area contributed by atoms with E-state index < -0.39 is 27.1 Å². The zero-order chi connectivity index (χ0) is 28.9. The summed E-state index contributed by atoms with van der Waals surface area (Å²) in [4.78, 5) is 25.6. The van der Waals surface area contributed by atoms with Crippen molar-refractivity contribution >= 4 is 45.1 Å². The molecule has 1 aliphatic rings. The highest BCUT2D eigenvalue weighted by Crippen LogP contribution is 2.33. The van der Waals surface area contributed by atoms with Crippen LogP contribution in [0.1, 0.15) is 5.56 Å². The van der Waals surface area contributed by atoms with Gasteiger partial charge in [-0.2, -0.15) is 13.2 Å². The number of nitrogens with zero attached hydrogens (tertiary/aromatic N) is 4. The fourth-order valence-corrected chi connectivity index (χ4v) is 4.93. The van der Waals surface area contributed by atoms with Crippen molar-refractivity contribution in [2.45, 2.75) is 22.5 Å². The molecule has 3 aromatic rings. The number of hydrogen-bond donors (Lipinski definition) is 1. The first kappa shape index (κ1) is 29.0. The van der Waals surface area contributed by atoms with Crippen molar-refractivity contribution in [3.63, 3.8) is 0 Å². The zero-order valence-corrected chi connectivity index (χ0v) is 22.6. The van der Waals surface area contributed by atoms with Crippen LogP contribution in [0.4, 0.5) is 30.5 Å². The monoisotopic (exact) mass is 597 g/mol. The standard InChI is InChI=1S/C24H22F3N5O6S2/c1-31(38-23(33)24(25,26)27)40(34,35)17-8-9-19(39-2)18(10-17)30-20-11-21(29-14-28-20)32(22-13-36-15-37-22)12-16-6-4-3-5-7-16/h3-11,13-14H,12,15H2,1-2H3,(H,28,29,30). The molecule has 0 fully saturated rings. The Morgan fingerprint density at radius 2 is 1.90 bits per heavy atom. The van der Waals surface area contributed by atoms with E-state index in [1.54, 1.807) is 17.2 Å². The van der Waals surface area contributed by atoms with E-state index in [1.165, 1.54) is 42.6 Å². The molecule has 0 amide bonds. The number of rotatable bonds is 10. The van der Waals surface area contributed by atoms with Gasteiger partial charge in [0.25, 0.3) is 10.0 Å². The van der Waals surface area contributed by atoms with Crippen LogP contribution in [0.25, 0.3) is 0 Å². The number of nitrogens with one attached hydrogen (secondary N) is 1. The molecule has 1 N–H and O–H groups in total. The van der Waals surface area contributed by atoms with Crippen LogP contribution < -0.4 is 10.2 Å². The number of ether oxygens (including phenoxy) is 2. The van der Waals surface area contributed by atoms with Crippen molar-refractivity contribution in [3.05, 3.63) is 78.6 Å². The molecule has 0 unspecified atom stereocenters. The fourth-order valence-electron chi connectivity index (χ4n) is 3.43. The maximum absolute atomic E-state index is 12.8. The first-order valence-corrected chi connectivity index (χ1v) is 14.0. The van der Waals surface area contributed by atoms with Crippen LogP contribution in [-0.4, -0.2) is 55.1 Å². The van der Waals surface area contributed by atoms with Crippen LogP contribution in [-0.2, 0) is 35.7 Å². The first-order valence-electron chi connectivity index (χ1n) is 11.3. The summed E-state index contributed by atoms with van der Waals surface area (Å²) in [5, 5.41) is 3.03. The number of carbonyl (C=O) groups is 1. The second-order valence-corrected chi connectivity index (χ2v) is 10.8. The van der Waals surface area contributed by atoms with Crippen molar-refractivity contribution in [3.8, 4) is 0 Å². The number of hydroxylamine groups is 1. The summed E-state index contributed by atoms with van der Waals surface area (Å²) in [6, 6.07) is 15.0. The van der Waals surface area contributed by atoms with Crippen molar-refractivity contribution in [2.75, 3.05) is 30.3 Å². The van der Waals surface area contributed by atoms with Crippen LogP contribution in [0.15, 0.2) is 82.9 Å². The number of halogens is 3. The molecule has 0 bridgehead atoms. The van der Waals surface area contributed by atoms with Crippen LogP contribution in [0.5, 0.6) is 0 Å². The van der Waals surface area contributed by atoms with Gasteiger partial charge in [-0.25, -0.2) is 23.2 Å². The van der Waals surface area contributed by atoms with Gasteiger partial charge in [-0.1, -0.05) is 30.3 Å². The minimum absolute atomic E-state index is 0.0435. The molecule has 0 radical (unpaired) electrons. The smallest absolute Gasteiger partial charge is 0.459 e. The molecule has 0 saturated heterocycles. The molecule has 1 aliphatic heterocycles. The molecule has 0 atom stereocenters. The summed E-state index contributed by atoms with van der Waals surface area (Å²) >= 11 is 1.28. The van der Waals surface area contributed by atoms with E-state index in [0.717, 1.165) is 5.56 Å². The van der Waals surface area contributed by atoms with E-state index in [2.05, 4.69) is 20.1 Å². The lowest BCUT2D eigenvalue weighted by molar-refractivity contribution is -0.219. The molecule has 0 aliphatic carbocycles. The van der Waals surface area contributed by atoms with E-state index in [-0.39, 0.29) is 22.8 Å². The summed E-state index contributed by atoms with van der Waals surface area (Å²) in [5.74, 6) is -1.53. The number of aromatic nitrogens is 2. The highest BCUT2D eigenvalue weighted by atomic mass is 32.2. The molecule has 0 saturated carbocycles. The molecule has 2 heterocycles. The Kier molecular flexibility index (Phi) is 8.70. The van der Waals surface area contributed by atoms with E-state index in [4.69, 9.17) is 9.47 Å². The van der Waals surface area contributed by atoms with Crippen molar-refractivity contribution in [1.82, 2.24) is 14.4 Å². The third-order valence-electron chi connectivity index (χ3n) is 5.35. The quantitative estimate of drug-likeness (QED) is 0.264. The summed E-state index contributed by atoms with van der Waals surface area (Å²) < 4.78 is 74.1. The first-order chi connectivity index (χ1) is 19.0. The van der Waals surface area contributed by atoms with Gasteiger partial charge in [0.05, 0.1) is 17.1 Å². The van der Waals surface area contributed by atoms with Crippen LogP contribution in [0.3, 0.4) is 0 Å². The maximum atomic E-state index is 12.8. The summed E-state index contributed by atoms with van der Waals surface area (Å²) in [6.45, 7) is 0.432. The lowest BCUT2D eigenvalue weighted by Crippen LogP contribution is -2.36. The molecule has 212 valence electrons. The van der Waals surface area contributed by atoms with Crippen LogP contribution in [0.2, 0.25) is 0 Å². The minimum atomic E-state index is -5.37. The Morgan fingerprint density at radius 3 is 2.55 bits per heavy atom. The SMILES string of the molecule is CSc1ccc(S(=O)(=O)N(C)OC(=O)C(F)(F)F)cc1Nc1cc(N(Cc2ccccc2)C2=COCO2)ncn1. The fraction of sp³-hybridized carbons (Fsp3) is 0.208. The zero-order valence-electron chi connectivity index (χ0n) is 21.0. The number of hydrogen-bond acceptors (Lipinski definition) is 11. The summed E-state index contributed by atoms with van der Waals surface area (Å²) in [5.41, 5.74) is 1.24. The van der Waals surface area contributed by atoms with Gasteiger partial charge in [-0.05, 0) is 34.5 Å². The number of benzene rings is 2. The van der Waals surface area contributed by atoms with Gasteiger partial charge in [0, 0.05) is 18.0 Å². The molecule has 4 rings (SSSR count). The highest BCUT2D eigenvalue weighted by Gasteiger charge is 2.43. The largest absolute Gasteiger partial charge is 0.492 e. The Bertz CT molecular complexity index is 1510. The van der Waals surface area contributed by atoms with Gasteiger partial charge in [0.15, 0.2) is 0 Å². The Hall–Kier alpha value is -4.02. The maximum Gasteiger partial charge on any atom is 0.492 e. The van der Waals surface area contributed by atoms with E-state index in [1.807, 2.05) is 30.3 Å². The van der Waals surface area contributed by atoms with E-state index in [0.29, 0.717) is 30.2 Å². The molecule has 0 spiro atoms. The van der Waals surface area contributed by atoms with Crippen molar-refractivity contribution in [1.29, 1.82) is 0 Å². The van der Waals surface area contributed by atoms with Crippen LogP contribution >= 0.6 is 11.8 Å². The third kappa shape index (κ3) is 6.75. The van der Waals surface area contributed by atoms with Gasteiger partial charge < -0.3 is 19.6 Å². The molecular formula is C24H22F3N5O6S2. The average molecular weight is 598 g/mol. The number of alkyl halides is 3. The predicted octanol–water partition coefficient (Wildman–Crippen LogP) is 4.39. The van der Waals surface area contributed by atoms with Crippen LogP contribution in [0, 0.1) is 0 Å². The average Bonchev–Trinajstić information content (AvgIpc) is 3.46. The van der Waals surface area contributed by atoms with Gasteiger partial charge in [-0.15, -0.1) is 11.8 Å². The van der Waals surface area contributed by atoms with Gasteiger partial charge >= 0.3 is 12.1 Å². The Morgan fingerprint density at radius 1 is 1.15 bits per heavy atom. The van der Waals surface area contributed by atoms with E-state index in [9.17, 15) is 26.4 Å². The minimum Gasteiger partial charge on any atom is -0.459 e. The summed E-state index contributed by atoms with van der Waals surface area (Å²) in [6.07, 6.45) is -0.858. The molecule has 40 heavy (non-hydrogen) atoms. The number of carbonyl (C=O) groups excluding carboxylic acids is 1. The third-order valence-corrected chi connectivity index (χ3v) is 7.75. The van der Waals surface area contributed by atoms with Crippen molar-refractivity contribution in [2.24, 2.45) is 0 Å². The summed E-state index contributed by atoms with van der Waals surface area (Å²) in [7, 11) is -3.95. The second-order valence-electron chi connectivity index (χ2n) is 8.00. The number of thioether (sulfide) groups is 1. The van der Waals surface area contributed by atoms with Crippen molar-refractivity contribution < 1.29 is 40.7 Å². The lowest BCUT2D eigenvalue weighted by Gasteiger charge is -2.23. The molecule has 16 heteroatoms. The molecule has 1 aromatic heterocycles. The Labute approximate surface area is 231 Å². The topological polar surface area (TPSA) is 123 Å². The van der Waals surface area contributed by atoms with Gasteiger partial charge in [0.2, 0.25) is 12.7 Å². The number of sulfonamides is 1. The van der Waals surface area contributed by atoms with Gasteiger partial charge in [0.1, 0.15) is 24.2 Å². The normalized spacial score (nSPS) is 13.3. The number of anilines is 3. The molecular weight excluding hydrogens is 575 g/mol. The lowest BCUT2D eigenvalue weighted by atomic mass is 10.2. The molecule has 2 aromatic carbocycles. The highest BCUT2D eigenvalue weighted by molar-refractivity contribution is 7.98. The second kappa shape index (κ2) is 12.0.